The Kier molecular flexibility index (Phi) is 6.61. The normalized spacial score (nSPS) is 21.9. The van der Waals surface area contributed by atoms with Gasteiger partial charge in [0.2, 0.25) is 11.2 Å². The number of nitrogens with zero attached hydrogens (tertiary/aromatic N) is 4. The van der Waals surface area contributed by atoms with Crippen molar-refractivity contribution in [2.45, 2.75) is 45.8 Å². The fourth-order valence-electron chi connectivity index (χ4n) is 6.63. The molecule has 2 saturated heterocycles. The van der Waals surface area contributed by atoms with Gasteiger partial charge in [-0.05, 0) is 43.9 Å². The topological polar surface area (TPSA) is 82.2 Å². The zero-order chi connectivity index (χ0) is 26.4. The molecule has 0 aliphatic carbocycles. The SMILES string of the molecule is Cc1ccc(N2CCN(Cc3oc(CN4CC5CC(C4)c4cccc(=O)n4C5)cc(=O)c3O)CC2)c(C)c1. The molecule has 2 atom stereocenters. The third-order valence-electron chi connectivity index (χ3n) is 8.41. The van der Waals surface area contributed by atoms with E-state index in [2.05, 4.69) is 52.8 Å². The van der Waals surface area contributed by atoms with Crippen molar-refractivity contribution < 1.29 is 9.52 Å². The van der Waals surface area contributed by atoms with E-state index in [1.807, 2.05) is 10.6 Å². The number of hydrogen-bond donors (Lipinski definition) is 1. The van der Waals surface area contributed by atoms with Crippen molar-refractivity contribution in [2.75, 3.05) is 44.2 Å². The molecule has 2 aromatic heterocycles. The summed E-state index contributed by atoms with van der Waals surface area (Å²) in [5.74, 6) is 1.35. The van der Waals surface area contributed by atoms with E-state index in [1.165, 1.54) is 22.9 Å². The molecule has 2 bridgehead atoms. The number of piperazine rings is 1. The summed E-state index contributed by atoms with van der Waals surface area (Å²) in [6, 6.07) is 13.5. The predicted molar refractivity (Wildman–Crippen MR) is 147 cm³/mol. The summed E-state index contributed by atoms with van der Waals surface area (Å²) in [5.41, 5.74) is 4.62. The molecule has 0 spiro atoms. The van der Waals surface area contributed by atoms with Crippen molar-refractivity contribution in [3.8, 4) is 5.75 Å². The fourth-order valence-corrected chi connectivity index (χ4v) is 6.63. The van der Waals surface area contributed by atoms with Crippen LogP contribution in [0.1, 0.15) is 40.7 Å². The second-order valence-electron chi connectivity index (χ2n) is 11.3. The number of rotatable bonds is 5. The summed E-state index contributed by atoms with van der Waals surface area (Å²) in [6.45, 7) is 11.0. The first-order chi connectivity index (χ1) is 18.3. The van der Waals surface area contributed by atoms with Crippen LogP contribution in [0.25, 0.3) is 0 Å². The number of fused-ring (bicyclic) bond motifs is 4. The second kappa shape index (κ2) is 10.1. The predicted octanol–water partition coefficient (Wildman–Crippen LogP) is 3.07. The number of likely N-dealkylation sites (tertiary alicyclic amines) is 1. The van der Waals surface area contributed by atoms with Gasteiger partial charge < -0.3 is 19.0 Å². The van der Waals surface area contributed by atoms with Crippen LogP contribution in [0.5, 0.6) is 5.75 Å². The highest BCUT2D eigenvalue weighted by Crippen LogP contribution is 2.35. The van der Waals surface area contributed by atoms with Gasteiger partial charge in [0.15, 0.2) is 5.76 Å². The molecule has 0 amide bonds. The molecule has 2 unspecified atom stereocenters. The highest BCUT2D eigenvalue weighted by Gasteiger charge is 2.34. The fraction of sp³-hybridized carbons (Fsp3) is 0.467. The molecule has 3 aromatic rings. The van der Waals surface area contributed by atoms with Crippen molar-refractivity contribution in [1.29, 1.82) is 0 Å². The minimum atomic E-state index is -0.385. The first kappa shape index (κ1) is 24.9. The molecule has 38 heavy (non-hydrogen) atoms. The summed E-state index contributed by atoms with van der Waals surface area (Å²) < 4.78 is 8.07. The molecule has 1 N–H and O–H groups in total. The van der Waals surface area contributed by atoms with Gasteiger partial charge in [-0.3, -0.25) is 19.4 Å². The standard InChI is InChI=1S/C30H36N4O4/c1-20-6-7-25(21(2)12-20)33-10-8-31(9-11-33)19-28-30(37)27(35)14-24(38-28)18-32-15-22-13-23(17-32)26-4-3-5-29(36)34(26)16-22/h3-7,12,14,22-23,37H,8-11,13,15-19H2,1-2H3. The smallest absolute Gasteiger partial charge is 0.250 e. The van der Waals surface area contributed by atoms with E-state index in [4.69, 9.17) is 4.42 Å². The van der Waals surface area contributed by atoms with E-state index in [9.17, 15) is 14.7 Å². The van der Waals surface area contributed by atoms with Crippen LogP contribution in [0.4, 0.5) is 5.69 Å². The molecule has 1 aromatic carbocycles. The summed E-state index contributed by atoms with van der Waals surface area (Å²) in [7, 11) is 0. The molecular formula is C30H36N4O4. The number of aromatic nitrogens is 1. The Hall–Kier alpha value is -3.36. The highest BCUT2D eigenvalue weighted by molar-refractivity contribution is 5.54. The number of aryl methyl sites for hydroxylation is 2. The van der Waals surface area contributed by atoms with Crippen LogP contribution < -0.4 is 15.9 Å². The zero-order valence-electron chi connectivity index (χ0n) is 22.2. The lowest BCUT2D eigenvalue weighted by Gasteiger charge is -2.42. The molecule has 5 heterocycles. The number of piperidine rings is 1. The Morgan fingerprint density at radius 1 is 0.921 bits per heavy atom. The number of aromatic hydroxyl groups is 1. The molecule has 0 saturated carbocycles. The van der Waals surface area contributed by atoms with Crippen LogP contribution in [0.15, 0.2) is 56.5 Å². The number of hydrogen-bond acceptors (Lipinski definition) is 7. The molecule has 8 heteroatoms. The van der Waals surface area contributed by atoms with Crippen LogP contribution in [0.3, 0.4) is 0 Å². The van der Waals surface area contributed by atoms with Gasteiger partial charge in [-0.25, -0.2) is 0 Å². The van der Waals surface area contributed by atoms with E-state index in [-0.39, 0.29) is 16.7 Å². The van der Waals surface area contributed by atoms with E-state index in [1.54, 1.807) is 6.07 Å². The van der Waals surface area contributed by atoms with Crippen LogP contribution >= 0.6 is 0 Å². The summed E-state index contributed by atoms with van der Waals surface area (Å²) >= 11 is 0. The lowest BCUT2D eigenvalue weighted by atomic mass is 9.83. The van der Waals surface area contributed by atoms with Gasteiger partial charge >= 0.3 is 0 Å². The monoisotopic (exact) mass is 516 g/mol. The van der Waals surface area contributed by atoms with Gasteiger partial charge in [-0.15, -0.1) is 0 Å². The maximum absolute atomic E-state index is 12.6. The van der Waals surface area contributed by atoms with Gasteiger partial charge in [0.05, 0.1) is 13.1 Å². The van der Waals surface area contributed by atoms with Crippen LogP contribution in [-0.2, 0) is 19.6 Å². The van der Waals surface area contributed by atoms with Gasteiger partial charge in [-0.1, -0.05) is 23.8 Å². The quantitative estimate of drug-likeness (QED) is 0.558. The lowest BCUT2D eigenvalue weighted by molar-refractivity contribution is 0.105. The van der Waals surface area contributed by atoms with Gasteiger partial charge in [-0.2, -0.15) is 0 Å². The van der Waals surface area contributed by atoms with Crippen molar-refractivity contribution in [3.63, 3.8) is 0 Å². The number of benzene rings is 1. The minimum Gasteiger partial charge on any atom is -0.502 e. The maximum Gasteiger partial charge on any atom is 0.250 e. The number of anilines is 1. The average molecular weight is 517 g/mol. The van der Waals surface area contributed by atoms with E-state index >= 15 is 0 Å². The number of pyridine rings is 1. The van der Waals surface area contributed by atoms with E-state index in [0.717, 1.165) is 57.9 Å². The Morgan fingerprint density at radius 2 is 1.74 bits per heavy atom. The van der Waals surface area contributed by atoms with Crippen molar-refractivity contribution in [1.82, 2.24) is 14.4 Å². The molecule has 200 valence electrons. The Bertz CT molecular complexity index is 1450. The lowest BCUT2D eigenvalue weighted by Crippen LogP contribution is -2.46. The van der Waals surface area contributed by atoms with Crippen molar-refractivity contribution in [3.05, 3.63) is 91.4 Å². The summed E-state index contributed by atoms with van der Waals surface area (Å²) in [6.07, 6.45) is 1.08. The minimum absolute atomic E-state index is 0.0784. The molecule has 3 aliphatic heterocycles. The zero-order valence-corrected chi connectivity index (χ0v) is 22.2. The van der Waals surface area contributed by atoms with Gasteiger partial charge in [0.1, 0.15) is 5.76 Å². The Morgan fingerprint density at radius 3 is 2.53 bits per heavy atom. The molecule has 3 aliphatic rings. The van der Waals surface area contributed by atoms with Crippen LogP contribution in [0.2, 0.25) is 0 Å². The largest absolute Gasteiger partial charge is 0.502 e. The van der Waals surface area contributed by atoms with Gasteiger partial charge in [0.25, 0.3) is 5.56 Å². The van der Waals surface area contributed by atoms with Crippen LogP contribution in [0, 0.1) is 19.8 Å². The molecule has 8 nitrogen and oxygen atoms in total. The average Bonchev–Trinajstić information content (AvgIpc) is 2.88. The maximum atomic E-state index is 12.6. The first-order valence-corrected chi connectivity index (χ1v) is 13.7. The summed E-state index contributed by atoms with van der Waals surface area (Å²) in [5, 5.41) is 10.5. The highest BCUT2D eigenvalue weighted by atomic mass is 16.4. The summed E-state index contributed by atoms with van der Waals surface area (Å²) in [4.78, 5) is 31.9. The molecule has 2 fully saturated rings. The van der Waals surface area contributed by atoms with Gasteiger partial charge in [0, 0.05) is 75.2 Å². The Balaban J connectivity index is 1.12. The first-order valence-electron chi connectivity index (χ1n) is 13.7. The van der Waals surface area contributed by atoms with Crippen molar-refractivity contribution in [2.24, 2.45) is 5.92 Å². The van der Waals surface area contributed by atoms with E-state index in [0.29, 0.717) is 36.4 Å². The van der Waals surface area contributed by atoms with Crippen molar-refractivity contribution >= 4 is 5.69 Å². The second-order valence-corrected chi connectivity index (χ2v) is 11.3. The van der Waals surface area contributed by atoms with E-state index < -0.39 is 0 Å². The third kappa shape index (κ3) is 4.90. The van der Waals surface area contributed by atoms with Crippen LogP contribution in [-0.4, -0.2) is 58.7 Å². The molecule has 6 rings (SSSR count). The Labute approximate surface area is 222 Å². The molecular weight excluding hydrogens is 480 g/mol. The molecule has 0 radical (unpaired) electrons. The third-order valence-corrected chi connectivity index (χ3v) is 8.41.